The minimum absolute atomic E-state index is 0.501. The molecule has 1 fully saturated rings. The first-order chi connectivity index (χ1) is 7.84. The summed E-state index contributed by atoms with van der Waals surface area (Å²) in [5, 5.41) is 3.41. The minimum atomic E-state index is 0.501. The van der Waals surface area contributed by atoms with Crippen molar-refractivity contribution in [1.82, 2.24) is 15.3 Å². The van der Waals surface area contributed by atoms with E-state index >= 15 is 0 Å². The van der Waals surface area contributed by atoms with Crippen molar-refractivity contribution in [1.29, 1.82) is 0 Å². The molecule has 0 aromatic carbocycles. The molecular weight excluding hydrogens is 202 g/mol. The highest BCUT2D eigenvalue weighted by molar-refractivity contribution is 5.68. The van der Waals surface area contributed by atoms with Crippen LogP contribution in [0.25, 0.3) is 11.2 Å². The Morgan fingerprint density at radius 3 is 3.19 bits per heavy atom. The SMILES string of the molecule is Cc1nc2occc2nc1C1CCCNC1. The zero-order valence-electron chi connectivity index (χ0n) is 9.36. The van der Waals surface area contributed by atoms with E-state index in [1.165, 1.54) is 12.8 Å². The lowest BCUT2D eigenvalue weighted by atomic mass is 9.95. The maximum atomic E-state index is 5.25. The predicted octanol–water partition coefficient (Wildman–Crippen LogP) is 2.00. The summed E-state index contributed by atoms with van der Waals surface area (Å²) in [7, 11) is 0. The normalized spacial score (nSPS) is 21.4. The van der Waals surface area contributed by atoms with E-state index in [0.29, 0.717) is 11.6 Å². The molecule has 1 unspecified atom stereocenters. The summed E-state index contributed by atoms with van der Waals surface area (Å²) in [6.07, 6.45) is 4.06. The van der Waals surface area contributed by atoms with Crippen LogP contribution in [-0.4, -0.2) is 23.1 Å². The molecule has 84 valence electrons. The maximum absolute atomic E-state index is 5.25. The zero-order valence-corrected chi connectivity index (χ0v) is 9.36. The van der Waals surface area contributed by atoms with Crippen LogP contribution in [0.2, 0.25) is 0 Å². The van der Waals surface area contributed by atoms with Gasteiger partial charge in [0, 0.05) is 18.5 Å². The fourth-order valence-corrected chi connectivity index (χ4v) is 2.36. The lowest BCUT2D eigenvalue weighted by molar-refractivity contribution is 0.452. The number of piperidine rings is 1. The summed E-state index contributed by atoms with van der Waals surface area (Å²) >= 11 is 0. The van der Waals surface area contributed by atoms with Gasteiger partial charge in [-0.3, -0.25) is 0 Å². The molecule has 0 aliphatic carbocycles. The predicted molar refractivity (Wildman–Crippen MR) is 61.4 cm³/mol. The standard InChI is InChI=1S/C12H15N3O/c1-8-11(9-3-2-5-13-7-9)15-10-4-6-16-12(10)14-8/h4,6,9,13H,2-3,5,7H2,1H3. The molecule has 0 spiro atoms. The first-order valence-electron chi connectivity index (χ1n) is 5.77. The van der Waals surface area contributed by atoms with E-state index in [0.717, 1.165) is 30.0 Å². The Hall–Kier alpha value is -1.42. The average molecular weight is 217 g/mol. The molecule has 4 nitrogen and oxygen atoms in total. The van der Waals surface area contributed by atoms with E-state index in [1.54, 1.807) is 6.26 Å². The Balaban J connectivity index is 2.03. The zero-order chi connectivity index (χ0) is 11.0. The molecule has 1 atom stereocenters. The van der Waals surface area contributed by atoms with Crippen molar-refractivity contribution in [2.75, 3.05) is 13.1 Å². The summed E-state index contributed by atoms with van der Waals surface area (Å²) in [6, 6.07) is 1.88. The summed E-state index contributed by atoms with van der Waals surface area (Å²) in [4.78, 5) is 9.12. The van der Waals surface area contributed by atoms with Crippen LogP contribution in [0.4, 0.5) is 0 Å². The Morgan fingerprint density at radius 1 is 1.44 bits per heavy atom. The van der Waals surface area contributed by atoms with Crippen molar-refractivity contribution in [2.24, 2.45) is 0 Å². The summed E-state index contributed by atoms with van der Waals surface area (Å²) in [5.41, 5.74) is 3.63. The molecule has 0 radical (unpaired) electrons. The van der Waals surface area contributed by atoms with E-state index in [2.05, 4.69) is 15.3 Å². The van der Waals surface area contributed by atoms with E-state index in [1.807, 2.05) is 13.0 Å². The van der Waals surface area contributed by atoms with E-state index in [9.17, 15) is 0 Å². The van der Waals surface area contributed by atoms with Gasteiger partial charge in [0.15, 0.2) is 0 Å². The van der Waals surface area contributed by atoms with Crippen molar-refractivity contribution in [3.05, 3.63) is 23.7 Å². The number of hydrogen-bond acceptors (Lipinski definition) is 4. The van der Waals surface area contributed by atoms with Crippen molar-refractivity contribution >= 4 is 11.2 Å². The highest BCUT2D eigenvalue weighted by atomic mass is 16.3. The summed E-state index contributed by atoms with van der Waals surface area (Å²) in [5.74, 6) is 0.501. The Morgan fingerprint density at radius 2 is 2.38 bits per heavy atom. The van der Waals surface area contributed by atoms with Crippen LogP contribution in [0.1, 0.15) is 30.1 Å². The van der Waals surface area contributed by atoms with Gasteiger partial charge in [-0.05, 0) is 26.3 Å². The van der Waals surface area contributed by atoms with Gasteiger partial charge in [-0.2, -0.15) is 0 Å². The van der Waals surface area contributed by atoms with Crippen LogP contribution in [0, 0.1) is 6.92 Å². The third kappa shape index (κ3) is 1.59. The van der Waals surface area contributed by atoms with Crippen molar-refractivity contribution in [3.8, 4) is 0 Å². The van der Waals surface area contributed by atoms with Gasteiger partial charge in [-0.15, -0.1) is 0 Å². The van der Waals surface area contributed by atoms with Gasteiger partial charge in [0.2, 0.25) is 5.71 Å². The van der Waals surface area contributed by atoms with Gasteiger partial charge < -0.3 is 9.73 Å². The highest BCUT2D eigenvalue weighted by Gasteiger charge is 2.20. The Bertz CT molecular complexity index is 500. The largest absolute Gasteiger partial charge is 0.445 e. The molecule has 2 aromatic rings. The number of furan rings is 1. The van der Waals surface area contributed by atoms with Crippen molar-refractivity contribution < 1.29 is 4.42 Å². The lowest BCUT2D eigenvalue weighted by Gasteiger charge is -2.22. The quantitative estimate of drug-likeness (QED) is 0.793. The number of aryl methyl sites for hydroxylation is 1. The molecule has 1 saturated heterocycles. The van der Waals surface area contributed by atoms with Crippen LogP contribution in [0.3, 0.4) is 0 Å². The average Bonchev–Trinajstić information content (AvgIpc) is 2.76. The first-order valence-corrected chi connectivity index (χ1v) is 5.77. The fraction of sp³-hybridized carbons (Fsp3) is 0.500. The molecule has 3 rings (SSSR count). The summed E-state index contributed by atoms with van der Waals surface area (Å²) < 4.78 is 5.25. The number of nitrogens with zero attached hydrogens (tertiary/aromatic N) is 2. The summed E-state index contributed by atoms with van der Waals surface area (Å²) in [6.45, 7) is 4.15. The van der Waals surface area contributed by atoms with Crippen LogP contribution in [0.15, 0.2) is 16.7 Å². The van der Waals surface area contributed by atoms with Crippen LogP contribution in [0.5, 0.6) is 0 Å². The van der Waals surface area contributed by atoms with Gasteiger partial charge in [0.1, 0.15) is 5.52 Å². The van der Waals surface area contributed by atoms with Gasteiger partial charge in [0.25, 0.3) is 0 Å². The Kier molecular flexibility index (Phi) is 2.36. The second kappa shape index (κ2) is 3.87. The van der Waals surface area contributed by atoms with Crippen LogP contribution >= 0.6 is 0 Å². The second-order valence-electron chi connectivity index (χ2n) is 4.35. The third-order valence-corrected chi connectivity index (χ3v) is 3.19. The molecule has 3 heterocycles. The minimum Gasteiger partial charge on any atom is -0.445 e. The molecule has 0 bridgehead atoms. The molecule has 16 heavy (non-hydrogen) atoms. The van der Waals surface area contributed by atoms with Crippen molar-refractivity contribution in [2.45, 2.75) is 25.7 Å². The highest BCUT2D eigenvalue weighted by Crippen LogP contribution is 2.25. The molecule has 4 heteroatoms. The van der Waals surface area contributed by atoms with E-state index < -0.39 is 0 Å². The fourth-order valence-electron chi connectivity index (χ4n) is 2.36. The molecule has 0 amide bonds. The Labute approximate surface area is 94.1 Å². The number of fused-ring (bicyclic) bond motifs is 1. The molecular formula is C12H15N3O. The van der Waals surface area contributed by atoms with Gasteiger partial charge in [-0.1, -0.05) is 0 Å². The monoisotopic (exact) mass is 217 g/mol. The third-order valence-electron chi connectivity index (χ3n) is 3.19. The topological polar surface area (TPSA) is 51.0 Å². The smallest absolute Gasteiger partial charge is 0.245 e. The van der Waals surface area contributed by atoms with Gasteiger partial charge in [0.05, 0.1) is 17.7 Å². The molecule has 2 aromatic heterocycles. The van der Waals surface area contributed by atoms with Crippen LogP contribution in [-0.2, 0) is 0 Å². The lowest BCUT2D eigenvalue weighted by Crippen LogP contribution is -2.29. The molecule has 1 N–H and O–H groups in total. The number of rotatable bonds is 1. The second-order valence-corrected chi connectivity index (χ2v) is 4.35. The van der Waals surface area contributed by atoms with Gasteiger partial charge in [-0.25, -0.2) is 9.97 Å². The number of hydrogen-bond donors (Lipinski definition) is 1. The van der Waals surface area contributed by atoms with Crippen molar-refractivity contribution in [3.63, 3.8) is 0 Å². The number of aromatic nitrogens is 2. The maximum Gasteiger partial charge on any atom is 0.245 e. The first kappa shape index (κ1) is 9.78. The molecule has 0 saturated carbocycles. The molecule has 1 aliphatic rings. The molecule has 1 aliphatic heterocycles. The van der Waals surface area contributed by atoms with Crippen LogP contribution < -0.4 is 5.32 Å². The van der Waals surface area contributed by atoms with E-state index in [-0.39, 0.29) is 0 Å². The number of nitrogens with one attached hydrogen (secondary N) is 1. The van der Waals surface area contributed by atoms with Gasteiger partial charge >= 0.3 is 0 Å². The van der Waals surface area contributed by atoms with E-state index in [4.69, 9.17) is 4.42 Å².